The smallest absolute Gasteiger partial charge is 0.263 e. The second-order valence-corrected chi connectivity index (χ2v) is 14.0. The number of benzene rings is 3. The molecule has 1 aromatic heterocycles. The largest absolute Gasteiger partial charge is 0.748 e. The molecule has 0 bridgehead atoms. The lowest BCUT2D eigenvalue weighted by molar-refractivity contribution is -0.668. The number of hydrogen-bond acceptors (Lipinski definition) is 7. The standard InChI is InChI=1S/C32H32N2O4S3/c1-3-33-27-18-24(22-8-5-4-6-9-22)12-14-29(27)39-31(33)19-25(23-10-11-23)20-32-34(16-7-17-41(35,36)37)28-21-26(38-2)13-15-30(28)40-32/h4-6,8-9,12-15,18-21,23H,3,7,10-11,16-17H2,1-2H3. The first-order valence-electron chi connectivity index (χ1n) is 13.8. The molecule has 0 saturated heterocycles. The Hall–Kier alpha value is -3.11. The minimum Gasteiger partial charge on any atom is -0.748 e. The molecule has 0 amide bonds. The molecule has 0 unspecified atom stereocenters. The number of aryl methyl sites for hydroxylation is 1. The molecule has 6 rings (SSSR count). The predicted molar refractivity (Wildman–Crippen MR) is 167 cm³/mol. The molecule has 6 nitrogen and oxygen atoms in total. The molecule has 9 heteroatoms. The third-order valence-electron chi connectivity index (χ3n) is 7.50. The lowest BCUT2D eigenvalue weighted by Gasteiger charge is -2.19. The first kappa shape index (κ1) is 28.0. The van der Waals surface area contributed by atoms with Crippen molar-refractivity contribution in [2.45, 2.75) is 37.6 Å². The number of nitrogens with zero attached hydrogens (tertiary/aromatic N) is 2. The van der Waals surface area contributed by atoms with E-state index >= 15 is 0 Å². The molecule has 0 spiro atoms. The van der Waals surface area contributed by atoms with Crippen LogP contribution in [-0.4, -0.2) is 32.4 Å². The zero-order valence-corrected chi connectivity index (χ0v) is 25.5. The second-order valence-electron chi connectivity index (χ2n) is 10.3. The SMILES string of the molecule is CCN1/C(=C/C(=Cc2sc3ccc(OC)cc3[n+]2CCCS(=O)(=O)[O-])C2CC2)Sc2ccc(-c3ccccc3)cc21. The number of ether oxygens (including phenoxy) is 1. The molecule has 2 heterocycles. The maximum absolute atomic E-state index is 11.3. The van der Waals surface area contributed by atoms with E-state index in [1.165, 1.54) is 32.3 Å². The van der Waals surface area contributed by atoms with E-state index in [2.05, 4.69) is 71.0 Å². The van der Waals surface area contributed by atoms with E-state index in [-0.39, 0.29) is 12.2 Å². The van der Waals surface area contributed by atoms with E-state index in [0.717, 1.165) is 40.4 Å². The van der Waals surface area contributed by atoms with E-state index in [9.17, 15) is 13.0 Å². The number of hydrogen-bond donors (Lipinski definition) is 0. The normalized spacial score (nSPS) is 16.5. The fourth-order valence-electron chi connectivity index (χ4n) is 5.27. The highest BCUT2D eigenvalue weighted by Gasteiger charge is 2.31. The van der Waals surface area contributed by atoms with Crippen molar-refractivity contribution in [3.8, 4) is 16.9 Å². The van der Waals surface area contributed by atoms with Gasteiger partial charge >= 0.3 is 0 Å². The van der Waals surface area contributed by atoms with Gasteiger partial charge in [0.1, 0.15) is 10.4 Å². The van der Waals surface area contributed by atoms with Gasteiger partial charge in [0.2, 0.25) is 5.52 Å². The molecule has 3 aromatic carbocycles. The number of aromatic nitrogens is 1. The minimum absolute atomic E-state index is 0.263. The van der Waals surface area contributed by atoms with Gasteiger partial charge in [-0.1, -0.05) is 59.5 Å². The van der Waals surface area contributed by atoms with Crippen molar-refractivity contribution in [3.05, 3.63) is 88.4 Å². The topological polar surface area (TPSA) is 73.5 Å². The van der Waals surface area contributed by atoms with Gasteiger partial charge in [-0.2, -0.15) is 4.57 Å². The van der Waals surface area contributed by atoms with Crippen LogP contribution in [0.4, 0.5) is 5.69 Å². The number of fused-ring (bicyclic) bond motifs is 2. The summed E-state index contributed by atoms with van der Waals surface area (Å²) in [6, 6.07) is 23.2. The van der Waals surface area contributed by atoms with Crippen LogP contribution in [0.1, 0.15) is 31.2 Å². The van der Waals surface area contributed by atoms with Crippen molar-refractivity contribution >= 4 is 55.2 Å². The zero-order valence-electron chi connectivity index (χ0n) is 23.1. The summed E-state index contributed by atoms with van der Waals surface area (Å²) in [6.07, 6.45) is 7.18. The van der Waals surface area contributed by atoms with Crippen LogP contribution < -0.4 is 14.2 Å². The summed E-state index contributed by atoms with van der Waals surface area (Å²) in [7, 11) is -2.63. The molecule has 1 aliphatic carbocycles. The monoisotopic (exact) mass is 604 g/mol. The molecular weight excluding hydrogens is 573 g/mol. The molecule has 212 valence electrons. The lowest BCUT2D eigenvalue weighted by atomic mass is 10.0. The zero-order chi connectivity index (χ0) is 28.6. The maximum atomic E-state index is 11.3. The quantitative estimate of drug-likeness (QED) is 0.142. The van der Waals surface area contributed by atoms with Gasteiger partial charge < -0.3 is 14.2 Å². The molecule has 1 saturated carbocycles. The number of anilines is 1. The van der Waals surface area contributed by atoms with Crippen molar-refractivity contribution in [1.29, 1.82) is 0 Å². The van der Waals surface area contributed by atoms with Crippen LogP contribution in [0.25, 0.3) is 27.4 Å². The fourth-order valence-corrected chi connectivity index (χ4v) is 8.05. The van der Waals surface area contributed by atoms with Crippen LogP contribution in [0.5, 0.6) is 5.75 Å². The van der Waals surface area contributed by atoms with Gasteiger partial charge in [0.15, 0.2) is 6.54 Å². The molecule has 4 aromatic rings. The van der Waals surface area contributed by atoms with Crippen molar-refractivity contribution in [3.63, 3.8) is 0 Å². The molecule has 0 N–H and O–H groups in total. The number of methoxy groups -OCH3 is 1. The van der Waals surface area contributed by atoms with Crippen molar-refractivity contribution in [2.75, 3.05) is 24.3 Å². The molecule has 1 aliphatic heterocycles. The van der Waals surface area contributed by atoms with Gasteiger partial charge in [0.25, 0.3) is 5.01 Å². The van der Waals surface area contributed by atoms with Crippen LogP contribution in [0.15, 0.2) is 88.3 Å². The summed E-state index contributed by atoms with van der Waals surface area (Å²) in [5.41, 5.74) is 5.93. The van der Waals surface area contributed by atoms with E-state index < -0.39 is 10.1 Å². The molecule has 0 atom stereocenters. The van der Waals surface area contributed by atoms with Crippen molar-refractivity contribution < 1.29 is 22.3 Å². The Morgan fingerprint density at radius 3 is 2.61 bits per heavy atom. The Morgan fingerprint density at radius 1 is 1.10 bits per heavy atom. The first-order chi connectivity index (χ1) is 19.8. The van der Waals surface area contributed by atoms with Crippen LogP contribution in [0.3, 0.4) is 0 Å². The summed E-state index contributed by atoms with van der Waals surface area (Å²) in [5.74, 6) is 0.866. The summed E-state index contributed by atoms with van der Waals surface area (Å²) in [4.78, 5) is 3.65. The molecule has 2 aliphatic rings. The minimum atomic E-state index is -4.27. The van der Waals surface area contributed by atoms with Crippen LogP contribution in [-0.2, 0) is 16.7 Å². The molecule has 0 radical (unpaired) electrons. The first-order valence-corrected chi connectivity index (χ1v) is 17.1. The lowest BCUT2D eigenvalue weighted by Crippen LogP contribution is -2.36. The van der Waals surface area contributed by atoms with Gasteiger partial charge in [-0.15, -0.1) is 0 Å². The predicted octanol–water partition coefficient (Wildman–Crippen LogP) is 7.07. The van der Waals surface area contributed by atoms with Crippen molar-refractivity contribution in [1.82, 2.24) is 0 Å². The van der Waals surface area contributed by atoms with Gasteiger partial charge in [0, 0.05) is 29.7 Å². The Labute approximate surface area is 249 Å². The van der Waals surface area contributed by atoms with Gasteiger partial charge in [-0.3, -0.25) is 0 Å². The Bertz CT molecular complexity index is 1760. The number of thiazole rings is 1. The van der Waals surface area contributed by atoms with E-state index in [0.29, 0.717) is 12.5 Å². The fraction of sp³-hybridized carbons (Fsp3) is 0.281. The summed E-state index contributed by atoms with van der Waals surface area (Å²) in [6.45, 7) is 3.50. The molecule has 41 heavy (non-hydrogen) atoms. The Morgan fingerprint density at radius 2 is 1.90 bits per heavy atom. The van der Waals surface area contributed by atoms with E-state index in [1.807, 2.05) is 36.0 Å². The third kappa shape index (κ3) is 6.23. The highest BCUT2D eigenvalue weighted by atomic mass is 32.2. The summed E-state index contributed by atoms with van der Waals surface area (Å²) >= 11 is 3.49. The maximum Gasteiger partial charge on any atom is 0.263 e. The third-order valence-corrected chi connectivity index (χ3v) is 10.5. The summed E-state index contributed by atoms with van der Waals surface area (Å²) in [5, 5.41) is 2.27. The van der Waals surface area contributed by atoms with Crippen LogP contribution >= 0.6 is 23.1 Å². The Balaban J connectivity index is 1.37. The molecular formula is C32H32N2O4S3. The second kappa shape index (κ2) is 11.6. The average molecular weight is 605 g/mol. The number of thioether (sulfide) groups is 1. The van der Waals surface area contributed by atoms with Gasteiger partial charge in [0.05, 0.1) is 34.0 Å². The van der Waals surface area contributed by atoms with E-state index in [1.54, 1.807) is 18.4 Å². The van der Waals surface area contributed by atoms with E-state index in [4.69, 9.17) is 4.74 Å². The van der Waals surface area contributed by atoms with Gasteiger partial charge in [-0.05, 0) is 72.7 Å². The summed E-state index contributed by atoms with van der Waals surface area (Å²) < 4.78 is 42.7. The van der Waals surface area contributed by atoms with Crippen molar-refractivity contribution in [2.24, 2.45) is 5.92 Å². The molecule has 1 fully saturated rings. The number of rotatable bonds is 10. The van der Waals surface area contributed by atoms with Crippen LogP contribution in [0, 0.1) is 5.92 Å². The number of allylic oxidation sites excluding steroid dienone is 2. The average Bonchev–Trinajstić information content (AvgIpc) is 3.68. The van der Waals surface area contributed by atoms with Crippen LogP contribution in [0.2, 0.25) is 0 Å². The highest BCUT2D eigenvalue weighted by Crippen LogP contribution is 2.49. The Kier molecular flexibility index (Phi) is 7.96. The highest BCUT2D eigenvalue weighted by molar-refractivity contribution is 8.03. The van der Waals surface area contributed by atoms with Gasteiger partial charge in [-0.25, -0.2) is 8.42 Å².